The fourth-order valence-electron chi connectivity index (χ4n) is 3.48. The van der Waals surface area contributed by atoms with Crippen molar-refractivity contribution in [3.63, 3.8) is 0 Å². The van der Waals surface area contributed by atoms with Crippen molar-refractivity contribution in [3.8, 4) is 0 Å². The number of carbonyl (C=O) groups excluding carboxylic acids is 1. The Morgan fingerprint density at radius 3 is 2.87 bits per heavy atom. The second kappa shape index (κ2) is 7.27. The third kappa shape index (κ3) is 3.64. The highest BCUT2D eigenvalue weighted by Gasteiger charge is 2.35. The van der Waals surface area contributed by atoms with Crippen LogP contribution in [0.1, 0.15) is 37.3 Å². The van der Waals surface area contributed by atoms with E-state index in [1.807, 2.05) is 17.0 Å². The van der Waals surface area contributed by atoms with Crippen LogP contribution in [0, 0.1) is 0 Å². The van der Waals surface area contributed by atoms with E-state index < -0.39 is 0 Å². The van der Waals surface area contributed by atoms with E-state index in [9.17, 15) is 4.79 Å². The second-order valence-electron chi connectivity index (χ2n) is 6.29. The number of hydrogen-bond acceptors (Lipinski definition) is 4. The number of urea groups is 1. The van der Waals surface area contributed by atoms with E-state index in [1.54, 1.807) is 19.5 Å². The molecule has 0 saturated carbocycles. The van der Waals surface area contributed by atoms with E-state index in [1.165, 1.54) is 0 Å². The molecule has 2 aliphatic rings. The summed E-state index contributed by atoms with van der Waals surface area (Å²) < 4.78 is 11.1. The Hall–Kier alpha value is -1.66. The first-order chi connectivity index (χ1) is 11.2. The van der Waals surface area contributed by atoms with Gasteiger partial charge in [0.1, 0.15) is 0 Å². The van der Waals surface area contributed by atoms with E-state index in [0.29, 0.717) is 19.8 Å². The van der Waals surface area contributed by atoms with Gasteiger partial charge in [-0.3, -0.25) is 4.98 Å². The van der Waals surface area contributed by atoms with Crippen LogP contribution in [0.25, 0.3) is 0 Å². The molecule has 0 aliphatic carbocycles. The van der Waals surface area contributed by atoms with E-state index in [0.717, 1.165) is 37.8 Å². The number of nitrogens with zero attached hydrogens (tertiary/aromatic N) is 2. The first-order valence-corrected chi connectivity index (χ1v) is 8.31. The predicted octanol–water partition coefficient (Wildman–Crippen LogP) is 2.12. The monoisotopic (exact) mass is 319 g/mol. The molecule has 1 unspecified atom stereocenters. The van der Waals surface area contributed by atoms with E-state index in [2.05, 4.69) is 10.3 Å². The maximum absolute atomic E-state index is 12.6. The lowest BCUT2D eigenvalue weighted by molar-refractivity contribution is -0.0864. The Labute approximate surface area is 137 Å². The number of carbonyl (C=O) groups is 1. The van der Waals surface area contributed by atoms with Gasteiger partial charge in [0.15, 0.2) is 0 Å². The molecule has 23 heavy (non-hydrogen) atoms. The summed E-state index contributed by atoms with van der Waals surface area (Å²) in [5.74, 6) is 0. The zero-order chi connectivity index (χ0) is 16.1. The normalized spacial score (nSPS) is 23.7. The quantitative estimate of drug-likeness (QED) is 0.923. The Kier molecular flexibility index (Phi) is 5.13. The van der Waals surface area contributed by atoms with Gasteiger partial charge in [0.25, 0.3) is 0 Å². The molecular weight excluding hydrogens is 294 g/mol. The van der Waals surface area contributed by atoms with Crippen molar-refractivity contribution in [2.45, 2.75) is 37.3 Å². The van der Waals surface area contributed by atoms with Gasteiger partial charge in [-0.15, -0.1) is 0 Å². The molecule has 2 fully saturated rings. The summed E-state index contributed by atoms with van der Waals surface area (Å²) in [7, 11) is 1.72. The molecule has 0 aromatic carbocycles. The van der Waals surface area contributed by atoms with Crippen LogP contribution in [0.4, 0.5) is 4.79 Å². The summed E-state index contributed by atoms with van der Waals surface area (Å²) >= 11 is 0. The van der Waals surface area contributed by atoms with Gasteiger partial charge in [-0.25, -0.2) is 4.79 Å². The Morgan fingerprint density at radius 2 is 2.17 bits per heavy atom. The van der Waals surface area contributed by atoms with Crippen molar-refractivity contribution in [1.29, 1.82) is 0 Å². The lowest BCUT2D eigenvalue weighted by Gasteiger charge is -2.36. The summed E-state index contributed by atoms with van der Waals surface area (Å²) in [5.41, 5.74) is 0.861. The van der Waals surface area contributed by atoms with Crippen LogP contribution in [0.5, 0.6) is 0 Å². The van der Waals surface area contributed by atoms with Crippen LogP contribution in [-0.2, 0) is 9.47 Å². The van der Waals surface area contributed by atoms with Crippen molar-refractivity contribution in [3.05, 3.63) is 30.1 Å². The summed E-state index contributed by atoms with van der Waals surface area (Å²) in [5, 5.41) is 3.08. The highest BCUT2D eigenvalue weighted by molar-refractivity contribution is 5.75. The highest BCUT2D eigenvalue weighted by Crippen LogP contribution is 2.31. The van der Waals surface area contributed by atoms with Gasteiger partial charge < -0.3 is 19.7 Å². The lowest BCUT2D eigenvalue weighted by Crippen LogP contribution is -2.51. The number of amides is 2. The van der Waals surface area contributed by atoms with Gasteiger partial charge >= 0.3 is 6.03 Å². The van der Waals surface area contributed by atoms with Crippen LogP contribution in [0.15, 0.2) is 24.5 Å². The number of methoxy groups -OCH3 is 1. The third-order valence-corrected chi connectivity index (χ3v) is 5.00. The minimum Gasteiger partial charge on any atom is -0.381 e. The number of pyridine rings is 1. The molecule has 6 heteroatoms. The van der Waals surface area contributed by atoms with E-state index in [4.69, 9.17) is 9.47 Å². The van der Waals surface area contributed by atoms with Gasteiger partial charge in [-0.05, 0) is 30.5 Å². The molecular formula is C17H25N3O3. The second-order valence-corrected chi connectivity index (χ2v) is 6.29. The zero-order valence-corrected chi connectivity index (χ0v) is 13.7. The fraction of sp³-hybridized carbons (Fsp3) is 0.647. The molecule has 1 N–H and O–H groups in total. The maximum atomic E-state index is 12.6. The SMILES string of the molecule is COC1(CNC(=O)N2CCCC2c2ccncc2)CCOCC1. The fourth-order valence-corrected chi connectivity index (χ4v) is 3.48. The standard InChI is InChI=1S/C17H25N3O3/c1-22-17(6-11-23-12-7-17)13-19-16(21)20-10-2-3-15(20)14-4-8-18-9-5-14/h4-5,8-9,15H,2-3,6-7,10-13H2,1H3,(H,19,21). The molecule has 0 bridgehead atoms. The average molecular weight is 319 g/mol. The van der Waals surface area contributed by atoms with Crippen LogP contribution in [0.2, 0.25) is 0 Å². The molecule has 126 valence electrons. The number of ether oxygens (including phenoxy) is 2. The van der Waals surface area contributed by atoms with Crippen molar-refractivity contribution in [2.75, 3.05) is 33.4 Å². The number of hydrogen-bond donors (Lipinski definition) is 1. The van der Waals surface area contributed by atoms with Crippen molar-refractivity contribution < 1.29 is 14.3 Å². The van der Waals surface area contributed by atoms with Crippen molar-refractivity contribution in [1.82, 2.24) is 15.2 Å². The van der Waals surface area contributed by atoms with Crippen LogP contribution in [-0.4, -0.2) is 54.9 Å². The Balaban J connectivity index is 1.61. The number of nitrogens with one attached hydrogen (secondary N) is 1. The molecule has 6 nitrogen and oxygen atoms in total. The van der Waals surface area contributed by atoms with Gasteiger partial charge in [-0.2, -0.15) is 0 Å². The molecule has 2 amide bonds. The zero-order valence-electron chi connectivity index (χ0n) is 13.7. The topological polar surface area (TPSA) is 63.7 Å². The highest BCUT2D eigenvalue weighted by atomic mass is 16.5. The molecule has 0 spiro atoms. The Bertz CT molecular complexity index is 517. The van der Waals surface area contributed by atoms with Gasteiger partial charge in [-0.1, -0.05) is 0 Å². The summed E-state index contributed by atoms with van der Waals surface area (Å²) in [4.78, 5) is 18.6. The first-order valence-electron chi connectivity index (χ1n) is 8.31. The smallest absolute Gasteiger partial charge is 0.318 e. The molecule has 3 heterocycles. The van der Waals surface area contributed by atoms with E-state index >= 15 is 0 Å². The minimum atomic E-state index is -0.292. The first kappa shape index (κ1) is 16.2. The molecule has 1 aromatic heterocycles. The lowest BCUT2D eigenvalue weighted by atomic mass is 9.94. The molecule has 2 saturated heterocycles. The predicted molar refractivity (Wildman–Crippen MR) is 86.1 cm³/mol. The number of rotatable bonds is 4. The molecule has 0 radical (unpaired) electrons. The number of likely N-dealkylation sites (tertiary alicyclic amines) is 1. The van der Waals surface area contributed by atoms with Crippen LogP contribution < -0.4 is 5.32 Å². The van der Waals surface area contributed by atoms with Crippen LogP contribution in [0.3, 0.4) is 0 Å². The average Bonchev–Trinajstić information content (AvgIpc) is 3.11. The maximum Gasteiger partial charge on any atom is 0.318 e. The van der Waals surface area contributed by atoms with Crippen molar-refractivity contribution >= 4 is 6.03 Å². The summed E-state index contributed by atoms with van der Waals surface area (Å²) in [6.07, 6.45) is 7.23. The van der Waals surface area contributed by atoms with E-state index in [-0.39, 0.29) is 17.7 Å². The minimum absolute atomic E-state index is 0.00720. The molecule has 3 rings (SSSR count). The van der Waals surface area contributed by atoms with Gasteiger partial charge in [0.2, 0.25) is 0 Å². The molecule has 1 atom stereocenters. The molecule has 1 aromatic rings. The van der Waals surface area contributed by atoms with Crippen molar-refractivity contribution in [2.24, 2.45) is 0 Å². The summed E-state index contributed by atoms with van der Waals surface area (Å²) in [6.45, 7) is 2.70. The third-order valence-electron chi connectivity index (χ3n) is 5.00. The van der Waals surface area contributed by atoms with Crippen LogP contribution >= 0.6 is 0 Å². The molecule has 2 aliphatic heterocycles. The Morgan fingerprint density at radius 1 is 1.43 bits per heavy atom. The van der Waals surface area contributed by atoms with Gasteiger partial charge in [0.05, 0.1) is 11.6 Å². The number of aromatic nitrogens is 1. The largest absolute Gasteiger partial charge is 0.381 e. The van der Waals surface area contributed by atoms with Gasteiger partial charge in [0, 0.05) is 58.6 Å². The summed E-state index contributed by atoms with van der Waals surface area (Å²) in [6, 6.07) is 4.12.